The second-order valence-corrected chi connectivity index (χ2v) is 4.92. The maximum absolute atomic E-state index is 13.4. The zero-order valence-corrected chi connectivity index (χ0v) is 11.1. The predicted octanol–water partition coefficient (Wildman–Crippen LogP) is 2.12. The van der Waals surface area contributed by atoms with Crippen LogP contribution in [-0.4, -0.2) is 22.8 Å². The van der Waals surface area contributed by atoms with Gasteiger partial charge >= 0.3 is 6.01 Å². The van der Waals surface area contributed by atoms with Gasteiger partial charge in [0.05, 0.1) is 6.54 Å². The first-order valence-electron chi connectivity index (χ1n) is 6.84. The standard InChI is InChI=1S/C14H17FN4O/c15-12-4-2-1-3-10(12)7-8-16-14-19-18-13(20-14)9-17-11-5-6-11/h1-4,11,17H,5-9H2,(H,16,19). The minimum atomic E-state index is -0.186. The maximum Gasteiger partial charge on any atom is 0.315 e. The van der Waals surface area contributed by atoms with E-state index in [2.05, 4.69) is 20.8 Å². The molecule has 2 aromatic rings. The molecule has 0 bridgehead atoms. The van der Waals surface area contributed by atoms with Gasteiger partial charge in [-0.2, -0.15) is 0 Å². The Morgan fingerprint density at radius 1 is 1.25 bits per heavy atom. The molecule has 1 saturated carbocycles. The molecule has 1 heterocycles. The van der Waals surface area contributed by atoms with E-state index in [0.29, 0.717) is 43.0 Å². The van der Waals surface area contributed by atoms with Gasteiger partial charge in [-0.1, -0.05) is 23.3 Å². The summed E-state index contributed by atoms with van der Waals surface area (Å²) in [6.45, 7) is 1.16. The predicted molar refractivity (Wildman–Crippen MR) is 72.8 cm³/mol. The van der Waals surface area contributed by atoms with Gasteiger partial charge in [0.15, 0.2) is 0 Å². The second kappa shape index (κ2) is 6.00. The highest BCUT2D eigenvalue weighted by atomic mass is 19.1. The summed E-state index contributed by atoms with van der Waals surface area (Å²) < 4.78 is 18.9. The lowest BCUT2D eigenvalue weighted by atomic mass is 10.1. The van der Waals surface area contributed by atoms with Crippen molar-refractivity contribution in [2.24, 2.45) is 0 Å². The Kier molecular flexibility index (Phi) is 3.92. The molecule has 3 rings (SSSR count). The van der Waals surface area contributed by atoms with E-state index in [1.165, 1.54) is 18.9 Å². The largest absolute Gasteiger partial charge is 0.407 e. The molecule has 106 valence electrons. The van der Waals surface area contributed by atoms with E-state index in [4.69, 9.17) is 4.42 Å². The van der Waals surface area contributed by atoms with Crippen LogP contribution in [0.2, 0.25) is 0 Å². The van der Waals surface area contributed by atoms with Crippen LogP contribution in [0, 0.1) is 5.82 Å². The van der Waals surface area contributed by atoms with Crippen LogP contribution < -0.4 is 10.6 Å². The summed E-state index contributed by atoms with van der Waals surface area (Å²) in [5.41, 5.74) is 0.676. The van der Waals surface area contributed by atoms with Gasteiger partial charge in [-0.15, -0.1) is 5.10 Å². The molecule has 0 amide bonds. The van der Waals surface area contributed by atoms with Crippen LogP contribution >= 0.6 is 0 Å². The smallest absolute Gasteiger partial charge is 0.315 e. The Morgan fingerprint density at radius 2 is 2.10 bits per heavy atom. The van der Waals surface area contributed by atoms with Crippen molar-refractivity contribution in [3.63, 3.8) is 0 Å². The highest BCUT2D eigenvalue weighted by molar-refractivity contribution is 5.21. The first-order valence-corrected chi connectivity index (χ1v) is 6.84. The van der Waals surface area contributed by atoms with E-state index in [1.54, 1.807) is 12.1 Å². The second-order valence-electron chi connectivity index (χ2n) is 4.92. The van der Waals surface area contributed by atoms with Gasteiger partial charge in [0.25, 0.3) is 0 Å². The fraction of sp³-hybridized carbons (Fsp3) is 0.429. The van der Waals surface area contributed by atoms with Gasteiger partial charge in [0.1, 0.15) is 5.82 Å². The van der Waals surface area contributed by atoms with Crippen LogP contribution in [0.15, 0.2) is 28.7 Å². The fourth-order valence-corrected chi connectivity index (χ4v) is 1.92. The van der Waals surface area contributed by atoms with Crippen LogP contribution in [0.3, 0.4) is 0 Å². The number of nitrogens with zero attached hydrogens (tertiary/aromatic N) is 2. The SMILES string of the molecule is Fc1ccccc1CCNc1nnc(CNC2CC2)o1. The molecule has 1 aliphatic carbocycles. The minimum absolute atomic E-state index is 0.186. The third kappa shape index (κ3) is 3.54. The van der Waals surface area contributed by atoms with Crippen LogP contribution in [-0.2, 0) is 13.0 Å². The minimum Gasteiger partial charge on any atom is -0.407 e. The summed E-state index contributed by atoms with van der Waals surface area (Å²) in [4.78, 5) is 0. The molecule has 1 aromatic carbocycles. The van der Waals surface area contributed by atoms with Crippen molar-refractivity contribution in [3.8, 4) is 0 Å². The van der Waals surface area contributed by atoms with E-state index < -0.39 is 0 Å². The van der Waals surface area contributed by atoms with Gasteiger partial charge in [0, 0.05) is 12.6 Å². The van der Waals surface area contributed by atoms with Crippen molar-refractivity contribution >= 4 is 6.01 Å². The molecule has 0 saturated heterocycles. The summed E-state index contributed by atoms with van der Waals surface area (Å²) >= 11 is 0. The normalized spacial score (nSPS) is 14.4. The van der Waals surface area contributed by atoms with Crippen LogP contribution in [0.1, 0.15) is 24.3 Å². The molecule has 6 heteroatoms. The van der Waals surface area contributed by atoms with Crippen molar-refractivity contribution in [2.45, 2.75) is 31.8 Å². The van der Waals surface area contributed by atoms with E-state index in [9.17, 15) is 4.39 Å². The fourth-order valence-electron chi connectivity index (χ4n) is 1.92. The molecular formula is C14H17FN4O. The number of nitrogens with one attached hydrogen (secondary N) is 2. The average molecular weight is 276 g/mol. The number of anilines is 1. The Hall–Kier alpha value is -1.95. The summed E-state index contributed by atoms with van der Waals surface area (Å²) in [5, 5.41) is 14.2. The van der Waals surface area contributed by atoms with Crippen molar-refractivity contribution in [1.29, 1.82) is 0 Å². The molecule has 0 atom stereocenters. The average Bonchev–Trinajstić information content (AvgIpc) is 3.18. The molecule has 0 aliphatic heterocycles. The van der Waals surface area contributed by atoms with Crippen LogP contribution in [0.4, 0.5) is 10.4 Å². The summed E-state index contributed by atoms with van der Waals surface area (Å²) in [6.07, 6.45) is 3.02. The number of rotatable bonds is 7. The van der Waals surface area contributed by atoms with Crippen LogP contribution in [0.5, 0.6) is 0 Å². The summed E-state index contributed by atoms with van der Waals surface area (Å²) in [7, 11) is 0. The molecule has 0 unspecified atom stereocenters. The third-order valence-electron chi connectivity index (χ3n) is 3.21. The lowest BCUT2D eigenvalue weighted by Gasteiger charge is -2.03. The van der Waals surface area contributed by atoms with Gasteiger partial charge in [0.2, 0.25) is 5.89 Å². The molecule has 1 aliphatic rings. The molecule has 20 heavy (non-hydrogen) atoms. The Bertz CT molecular complexity index is 568. The first-order chi connectivity index (χ1) is 9.81. The van der Waals surface area contributed by atoms with Gasteiger partial charge in [-0.3, -0.25) is 0 Å². The van der Waals surface area contributed by atoms with Crippen molar-refractivity contribution in [1.82, 2.24) is 15.5 Å². The van der Waals surface area contributed by atoms with Crippen molar-refractivity contribution in [2.75, 3.05) is 11.9 Å². The number of benzene rings is 1. The molecule has 1 fully saturated rings. The third-order valence-corrected chi connectivity index (χ3v) is 3.21. The summed E-state index contributed by atoms with van der Waals surface area (Å²) in [5.74, 6) is 0.388. The Morgan fingerprint density at radius 3 is 2.90 bits per heavy atom. The molecule has 0 radical (unpaired) electrons. The zero-order chi connectivity index (χ0) is 13.8. The molecule has 1 aromatic heterocycles. The van der Waals surface area contributed by atoms with E-state index in [1.807, 2.05) is 6.07 Å². The molecule has 5 nitrogen and oxygen atoms in total. The molecule has 2 N–H and O–H groups in total. The number of hydrogen-bond donors (Lipinski definition) is 2. The van der Waals surface area contributed by atoms with Gasteiger partial charge in [-0.05, 0) is 30.9 Å². The van der Waals surface area contributed by atoms with E-state index in [0.717, 1.165) is 0 Å². The van der Waals surface area contributed by atoms with Gasteiger partial charge < -0.3 is 15.1 Å². The van der Waals surface area contributed by atoms with Gasteiger partial charge in [-0.25, -0.2) is 4.39 Å². The zero-order valence-electron chi connectivity index (χ0n) is 11.1. The maximum atomic E-state index is 13.4. The van der Waals surface area contributed by atoms with Crippen molar-refractivity contribution in [3.05, 3.63) is 41.5 Å². The van der Waals surface area contributed by atoms with Crippen molar-refractivity contribution < 1.29 is 8.81 Å². The number of hydrogen-bond acceptors (Lipinski definition) is 5. The lowest BCUT2D eigenvalue weighted by Crippen LogP contribution is -2.15. The monoisotopic (exact) mass is 276 g/mol. The van der Waals surface area contributed by atoms with E-state index in [-0.39, 0.29) is 5.82 Å². The Balaban J connectivity index is 1.45. The van der Waals surface area contributed by atoms with Crippen LogP contribution in [0.25, 0.3) is 0 Å². The quantitative estimate of drug-likeness (QED) is 0.811. The first kappa shape index (κ1) is 13.1. The highest BCUT2D eigenvalue weighted by Crippen LogP contribution is 2.19. The topological polar surface area (TPSA) is 63.0 Å². The molecular weight excluding hydrogens is 259 g/mol. The van der Waals surface area contributed by atoms with E-state index >= 15 is 0 Å². The Labute approximate surface area is 116 Å². The highest BCUT2D eigenvalue weighted by Gasteiger charge is 2.21. The number of aromatic nitrogens is 2. The number of halogens is 1. The lowest BCUT2D eigenvalue weighted by molar-refractivity contribution is 0.475. The molecule has 0 spiro atoms. The summed E-state index contributed by atoms with van der Waals surface area (Å²) in [6, 6.07) is 7.74.